The second kappa shape index (κ2) is 5.13. The number of H-pyrrole nitrogens is 1. The molecule has 0 aromatic carbocycles. The Labute approximate surface area is 114 Å². The van der Waals surface area contributed by atoms with E-state index in [1.807, 2.05) is 13.8 Å². The van der Waals surface area contributed by atoms with Crippen LogP contribution >= 0.6 is 0 Å². The molecule has 0 bridgehead atoms. The number of hydrogen-bond acceptors (Lipinski definition) is 3. The van der Waals surface area contributed by atoms with Crippen molar-refractivity contribution in [1.29, 1.82) is 0 Å². The number of nitrogens with one attached hydrogen (secondary N) is 2. The van der Waals surface area contributed by atoms with Gasteiger partial charge in [-0.05, 0) is 32.1 Å². The Morgan fingerprint density at radius 2 is 1.84 bits per heavy atom. The van der Waals surface area contributed by atoms with Gasteiger partial charge in [-0.3, -0.25) is 9.82 Å². The molecule has 1 fully saturated rings. The average molecular weight is 286 g/mol. The van der Waals surface area contributed by atoms with Crippen LogP contribution in [0.25, 0.3) is 0 Å². The molecule has 1 aromatic heterocycles. The fraction of sp³-hybridized carbons (Fsp3) is 0.750. The van der Waals surface area contributed by atoms with Gasteiger partial charge < -0.3 is 0 Å². The van der Waals surface area contributed by atoms with Crippen molar-refractivity contribution >= 4 is 16.0 Å². The molecule has 19 heavy (non-hydrogen) atoms. The number of hydrogen-bond donors (Lipinski definition) is 2. The fourth-order valence-electron chi connectivity index (χ4n) is 2.57. The van der Waals surface area contributed by atoms with Crippen LogP contribution in [0, 0.1) is 25.7 Å². The van der Waals surface area contributed by atoms with Crippen LogP contribution in [0.1, 0.15) is 31.5 Å². The second-order valence-corrected chi connectivity index (χ2v) is 7.36. The molecule has 1 saturated heterocycles. The molecule has 2 unspecified atom stereocenters. The van der Waals surface area contributed by atoms with E-state index < -0.39 is 10.2 Å². The third-order valence-corrected chi connectivity index (χ3v) is 5.08. The first-order chi connectivity index (χ1) is 8.79. The van der Waals surface area contributed by atoms with Crippen molar-refractivity contribution in [3.05, 3.63) is 11.3 Å². The molecule has 2 atom stereocenters. The molecule has 0 saturated carbocycles. The molecule has 7 heteroatoms. The summed E-state index contributed by atoms with van der Waals surface area (Å²) in [5.41, 5.74) is 1.71. The molecule has 0 amide bonds. The van der Waals surface area contributed by atoms with E-state index in [0.717, 1.165) is 17.7 Å². The molecule has 1 aliphatic rings. The molecule has 6 nitrogen and oxygen atoms in total. The van der Waals surface area contributed by atoms with Crippen molar-refractivity contribution in [2.24, 2.45) is 11.8 Å². The number of rotatable bonds is 3. The molecule has 0 radical (unpaired) electrons. The normalized spacial score (nSPS) is 25.5. The summed E-state index contributed by atoms with van der Waals surface area (Å²) >= 11 is 0. The Balaban J connectivity index is 2.16. The lowest BCUT2D eigenvalue weighted by Gasteiger charge is -2.33. The van der Waals surface area contributed by atoms with Gasteiger partial charge in [0, 0.05) is 24.3 Å². The van der Waals surface area contributed by atoms with Crippen LogP contribution in [0.5, 0.6) is 0 Å². The Morgan fingerprint density at radius 3 is 2.32 bits per heavy atom. The van der Waals surface area contributed by atoms with Crippen LogP contribution in [0.15, 0.2) is 0 Å². The summed E-state index contributed by atoms with van der Waals surface area (Å²) in [7, 11) is -3.51. The summed E-state index contributed by atoms with van der Waals surface area (Å²) in [5.74, 6) is 1.17. The summed E-state index contributed by atoms with van der Waals surface area (Å²) < 4.78 is 28.8. The predicted molar refractivity (Wildman–Crippen MR) is 75.1 cm³/mol. The maximum atomic E-state index is 12.4. The minimum absolute atomic E-state index is 0.391. The van der Waals surface area contributed by atoms with Gasteiger partial charge in [0.15, 0.2) is 5.82 Å². The van der Waals surface area contributed by atoms with Crippen LogP contribution in [0.4, 0.5) is 5.82 Å². The summed E-state index contributed by atoms with van der Waals surface area (Å²) in [5, 5.41) is 6.78. The van der Waals surface area contributed by atoms with Crippen molar-refractivity contribution in [3.63, 3.8) is 0 Å². The van der Waals surface area contributed by atoms with Crippen molar-refractivity contribution in [2.75, 3.05) is 17.8 Å². The standard InChI is InChI=1S/C12H22N4O2S/c1-8-5-9(2)7-16(6-8)19(17,18)15-12-10(3)11(4)13-14-12/h8-9H,5-7H2,1-4H3,(H2,13,14,15). The molecule has 108 valence electrons. The van der Waals surface area contributed by atoms with Gasteiger partial charge in [-0.25, -0.2) is 0 Å². The van der Waals surface area contributed by atoms with Gasteiger partial charge in [0.25, 0.3) is 0 Å². The molecular formula is C12H22N4O2S. The van der Waals surface area contributed by atoms with Gasteiger partial charge in [-0.1, -0.05) is 13.8 Å². The number of anilines is 1. The Kier molecular flexibility index (Phi) is 3.87. The highest BCUT2D eigenvalue weighted by molar-refractivity contribution is 7.90. The first kappa shape index (κ1) is 14.3. The highest BCUT2D eigenvalue weighted by atomic mass is 32.2. The maximum Gasteiger partial charge on any atom is 0.302 e. The molecule has 1 aromatic rings. The van der Waals surface area contributed by atoms with Crippen LogP contribution in [0.3, 0.4) is 0 Å². The molecule has 1 aliphatic heterocycles. The lowest BCUT2D eigenvalue weighted by Crippen LogP contribution is -2.45. The number of aryl methyl sites for hydroxylation is 1. The minimum Gasteiger partial charge on any atom is -0.280 e. The SMILES string of the molecule is Cc1[nH]nc(NS(=O)(=O)N2CC(C)CC(C)C2)c1C. The summed E-state index contributed by atoms with van der Waals surface area (Å²) in [6.45, 7) is 9.03. The third kappa shape index (κ3) is 3.09. The smallest absolute Gasteiger partial charge is 0.280 e. The van der Waals surface area contributed by atoms with Gasteiger partial charge in [0.1, 0.15) is 0 Å². The molecular weight excluding hydrogens is 264 g/mol. The topological polar surface area (TPSA) is 78.1 Å². The number of aromatic nitrogens is 2. The average Bonchev–Trinajstić information content (AvgIpc) is 2.59. The zero-order chi connectivity index (χ0) is 14.2. The third-order valence-electron chi connectivity index (χ3n) is 3.65. The molecule has 0 aliphatic carbocycles. The quantitative estimate of drug-likeness (QED) is 0.887. The summed E-state index contributed by atoms with van der Waals surface area (Å²) in [4.78, 5) is 0. The van der Waals surface area contributed by atoms with Gasteiger partial charge >= 0.3 is 10.2 Å². The van der Waals surface area contributed by atoms with Gasteiger partial charge in [0.05, 0.1) is 0 Å². The molecule has 2 N–H and O–H groups in total. The van der Waals surface area contributed by atoms with E-state index in [4.69, 9.17) is 0 Å². The zero-order valence-electron chi connectivity index (χ0n) is 11.9. The monoisotopic (exact) mass is 286 g/mol. The largest absolute Gasteiger partial charge is 0.302 e. The highest BCUT2D eigenvalue weighted by Crippen LogP contribution is 2.24. The van der Waals surface area contributed by atoms with Crippen LogP contribution in [0.2, 0.25) is 0 Å². The van der Waals surface area contributed by atoms with E-state index in [2.05, 4.69) is 28.8 Å². The lowest BCUT2D eigenvalue weighted by atomic mass is 9.94. The predicted octanol–water partition coefficient (Wildman–Crippen LogP) is 1.66. The first-order valence-electron chi connectivity index (χ1n) is 6.59. The van der Waals surface area contributed by atoms with Crippen LogP contribution in [-0.4, -0.2) is 36.0 Å². The lowest BCUT2D eigenvalue weighted by molar-refractivity contribution is 0.223. The van der Waals surface area contributed by atoms with Gasteiger partial charge in [0.2, 0.25) is 0 Å². The number of aromatic amines is 1. The summed E-state index contributed by atoms with van der Waals surface area (Å²) in [6, 6.07) is 0. The van der Waals surface area contributed by atoms with E-state index in [1.54, 1.807) is 0 Å². The second-order valence-electron chi connectivity index (χ2n) is 5.69. The van der Waals surface area contributed by atoms with E-state index in [-0.39, 0.29) is 0 Å². The number of piperidine rings is 1. The Hall–Kier alpha value is -1.08. The summed E-state index contributed by atoms with van der Waals surface area (Å²) in [6.07, 6.45) is 1.08. The van der Waals surface area contributed by atoms with Crippen molar-refractivity contribution in [2.45, 2.75) is 34.1 Å². The van der Waals surface area contributed by atoms with E-state index in [1.165, 1.54) is 4.31 Å². The van der Waals surface area contributed by atoms with Crippen molar-refractivity contribution in [3.8, 4) is 0 Å². The zero-order valence-corrected chi connectivity index (χ0v) is 12.7. The van der Waals surface area contributed by atoms with E-state index in [9.17, 15) is 8.42 Å². The van der Waals surface area contributed by atoms with Crippen molar-refractivity contribution < 1.29 is 8.42 Å². The Morgan fingerprint density at radius 1 is 1.26 bits per heavy atom. The van der Waals surface area contributed by atoms with Gasteiger partial charge in [-0.2, -0.15) is 17.8 Å². The van der Waals surface area contributed by atoms with Gasteiger partial charge in [-0.15, -0.1) is 0 Å². The molecule has 2 rings (SSSR count). The van der Waals surface area contributed by atoms with E-state index in [0.29, 0.717) is 30.7 Å². The molecule has 0 spiro atoms. The van der Waals surface area contributed by atoms with E-state index >= 15 is 0 Å². The highest BCUT2D eigenvalue weighted by Gasteiger charge is 2.31. The maximum absolute atomic E-state index is 12.4. The minimum atomic E-state index is -3.51. The van der Waals surface area contributed by atoms with Crippen molar-refractivity contribution in [1.82, 2.24) is 14.5 Å². The van der Waals surface area contributed by atoms with Crippen LogP contribution < -0.4 is 4.72 Å². The van der Waals surface area contributed by atoms with Crippen LogP contribution in [-0.2, 0) is 10.2 Å². The first-order valence-corrected chi connectivity index (χ1v) is 8.03. The fourth-order valence-corrected chi connectivity index (χ4v) is 4.05. The molecule has 2 heterocycles. The Bertz CT molecular complexity index is 542. The number of nitrogens with zero attached hydrogens (tertiary/aromatic N) is 2.